The van der Waals surface area contributed by atoms with E-state index in [1.165, 1.54) is 6.42 Å². The third-order valence-electron chi connectivity index (χ3n) is 2.98. The highest BCUT2D eigenvalue weighted by Crippen LogP contribution is 2.30. The molecule has 0 bridgehead atoms. The van der Waals surface area contributed by atoms with Gasteiger partial charge in [-0.3, -0.25) is 0 Å². The van der Waals surface area contributed by atoms with E-state index in [-0.39, 0.29) is 17.5 Å². The molecule has 0 aromatic rings. The second-order valence-electron chi connectivity index (χ2n) is 5.20. The van der Waals surface area contributed by atoms with Crippen molar-refractivity contribution in [3.63, 3.8) is 0 Å². The SMILES string of the molecule is C=C(C)C(=O)OCC(C)(C)C1CCCCO1. The van der Waals surface area contributed by atoms with Crippen molar-refractivity contribution >= 4 is 5.97 Å². The lowest BCUT2D eigenvalue weighted by atomic mass is 9.83. The first kappa shape index (κ1) is 13.2. The van der Waals surface area contributed by atoms with Gasteiger partial charge in [-0.1, -0.05) is 20.4 Å². The van der Waals surface area contributed by atoms with E-state index in [1.54, 1.807) is 6.92 Å². The van der Waals surface area contributed by atoms with Crippen molar-refractivity contribution in [3.8, 4) is 0 Å². The summed E-state index contributed by atoms with van der Waals surface area (Å²) in [4.78, 5) is 11.3. The predicted molar refractivity (Wildman–Crippen MR) is 63.1 cm³/mol. The first-order chi connectivity index (χ1) is 7.43. The molecule has 1 fully saturated rings. The van der Waals surface area contributed by atoms with Crippen LogP contribution in [0.25, 0.3) is 0 Å². The molecule has 1 aliphatic rings. The van der Waals surface area contributed by atoms with Crippen LogP contribution >= 0.6 is 0 Å². The number of hydrogen-bond acceptors (Lipinski definition) is 3. The lowest BCUT2D eigenvalue weighted by Crippen LogP contribution is -2.38. The van der Waals surface area contributed by atoms with E-state index < -0.39 is 0 Å². The lowest BCUT2D eigenvalue weighted by Gasteiger charge is -2.36. The molecule has 1 unspecified atom stereocenters. The molecule has 16 heavy (non-hydrogen) atoms. The summed E-state index contributed by atoms with van der Waals surface area (Å²) in [6, 6.07) is 0. The van der Waals surface area contributed by atoms with Crippen molar-refractivity contribution in [2.45, 2.75) is 46.1 Å². The Labute approximate surface area is 97.8 Å². The third kappa shape index (κ3) is 3.63. The van der Waals surface area contributed by atoms with Crippen LogP contribution in [0.15, 0.2) is 12.2 Å². The standard InChI is InChI=1S/C13H22O3/c1-10(2)12(14)16-9-13(3,4)11-7-5-6-8-15-11/h11H,1,5-9H2,2-4H3. The number of ether oxygens (including phenoxy) is 2. The molecule has 1 atom stereocenters. The fourth-order valence-electron chi connectivity index (χ4n) is 1.82. The average molecular weight is 226 g/mol. The van der Waals surface area contributed by atoms with Crippen molar-refractivity contribution in [1.82, 2.24) is 0 Å². The molecule has 0 aliphatic carbocycles. The molecular formula is C13H22O3. The van der Waals surface area contributed by atoms with Gasteiger partial charge in [0.05, 0.1) is 12.7 Å². The van der Waals surface area contributed by atoms with E-state index >= 15 is 0 Å². The molecule has 0 saturated carbocycles. The maximum absolute atomic E-state index is 11.3. The first-order valence-corrected chi connectivity index (χ1v) is 5.88. The van der Waals surface area contributed by atoms with Crippen molar-refractivity contribution < 1.29 is 14.3 Å². The Morgan fingerprint density at radius 1 is 1.50 bits per heavy atom. The molecule has 0 aromatic heterocycles. The molecule has 3 nitrogen and oxygen atoms in total. The summed E-state index contributed by atoms with van der Waals surface area (Å²) in [5.74, 6) is -0.316. The van der Waals surface area contributed by atoms with Gasteiger partial charge in [0.2, 0.25) is 0 Å². The van der Waals surface area contributed by atoms with Gasteiger partial charge >= 0.3 is 5.97 Å². The summed E-state index contributed by atoms with van der Waals surface area (Å²) < 4.78 is 10.9. The van der Waals surface area contributed by atoms with Crippen molar-refractivity contribution in [2.75, 3.05) is 13.2 Å². The summed E-state index contributed by atoms with van der Waals surface area (Å²) >= 11 is 0. The highest BCUT2D eigenvalue weighted by atomic mass is 16.5. The minimum absolute atomic E-state index is 0.120. The van der Waals surface area contributed by atoms with Gasteiger partial charge in [-0.2, -0.15) is 0 Å². The Morgan fingerprint density at radius 2 is 2.19 bits per heavy atom. The average Bonchev–Trinajstić information content (AvgIpc) is 2.27. The monoisotopic (exact) mass is 226 g/mol. The van der Waals surface area contributed by atoms with Gasteiger partial charge in [-0.25, -0.2) is 4.79 Å². The van der Waals surface area contributed by atoms with E-state index in [4.69, 9.17) is 9.47 Å². The van der Waals surface area contributed by atoms with E-state index in [1.807, 2.05) is 0 Å². The van der Waals surface area contributed by atoms with E-state index in [9.17, 15) is 4.79 Å². The Bertz CT molecular complexity index is 262. The van der Waals surface area contributed by atoms with Gasteiger partial charge in [0, 0.05) is 17.6 Å². The predicted octanol–water partition coefficient (Wildman–Crippen LogP) is 2.70. The normalized spacial score (nSPS) is 21.6. The fourth-order valence-corrected chi connectivity index (χ4v) is 1.82. The van der Waals surface area contributed by atoms with Crippen LogP contribution < -0.4 is 0 Å². The van der Waals surface area contributed by atoms with E-state index in [2.05, 4.69) is 20.4 Å². The minimum atomic E-state index is -0.316. The number of carbonyl (C=O) groups excluding carboxylic acids is 1. The zero-order valence-corrected chi connectivity index (χ0v) is 10.5. The molecule has 0 aromatic carbocycles. The lowest BCUT2D eigenvalue weighted by molar-refractivity contribution is -0.147. The second kappa shape index (κ2) is 5.48. The minimum Gasteiger partial charge on any atom is -0.462 e. The van der Waals surface area contributed by atoms with Crippen LogP contribution in [0, 0.1) is 5.41 Å². The van der Waals surface area contributed by atoms with Crippen LogP contribution in [0.1, 0.15) is 40.0 Å². The summed E-state index contributed by atoms with van der Waals surface area (Å²) in [6.07, 6.45) is 3.58. The van der Waals surface area contributed by atoms with Gasteiger partial charge < -0.3 is 9.47 Å². The van der Waals surface area contributed by atoms with Gasteiger partial charge in [0.15, 0.2) is 0 Å². The molecule has 3 heteroatoms. The third-order valence-corrected chi connectivity index (χ3v) is 2.98. The number of carbonyl (C=O) groups is 1. The summed E-state index contributed by atoms with van der Waals surface area (Å²) in [5.41, 5.74) is 0.325. The number of esters is 1. The molecule has 0 radical (unpaired) electrons. The van der Waals surface area contributed by atoms with Crippen LogP contribution in [0.2, 0.25) is 0 Å². The van der Waals surface area contributed by atoms with Crippen LogP contribution in [0.3, 0.4) is 0 Å². The zero-order chi connectivity index (χ0) is 12.2. The van der Waals surface area contributed by atoms with Gasteiger partial charge in [0.1, 0.15) is 0 Å². The molecular weight excluding hydrogens is 204 g/mol. The van der Waals surface area contributed by atoms with Gasteiger partial charge in [0.25, 0.3) is 0 Å². The number of rotatable bonds is 4. The van der Waals surface area contributed by atoms with Crippen molar-refractivity contribution in [2.24, 2.45) is 5.41 Å². The van der Waals surface area contributed by atoms with Crippen LogP contribution in [-0.4, -0.2) is 25.3 Å². The maximum atomic E-state index is 11.3. The van der Waals surface area contributed by atoms with Crippen molar-refractivity contribution in [3.05, 3.63) is 12.2 Å². The zero-order valence-electron chi connectivity index (χ0n) is 10.5. The molecule has 0 spiro atoms. The fraction of sp³-hybridized carbons (Fsp3) is 0.769. The molecule has 0 N–H and O–H groups in total. The van der Waals surface area contributed by atoms with Gasteiger partial charge in [-0.05, 0) is 26.2 Å². The molecule has 1 heterocycles. The Balaban J connectivity index is 2.43. The Hall–Kier alpha value is -0.830. The quantitative estimate of drug-likeness (QED) is 0.546. The van der Waals surface area contributed by atoms with Crippen LogP contribution in [-0.2, 0) is 14.3 Å². The van der Waals surface area contributed by atoms with Crippen LogP contribution in [0.5, 0.6) is 0 Å². The summed E-state index contributed by atoms with van der Waals surface area (Å²) in [5, 5.41) is 0. The summed E-state index contributed by atoms with van der Waals surface area (Å²) in [7, 11) is 0. The van der Waals surface area contributed by atoms with Crippen molar-refractivity contribution in [1.29, 1.82) is 0 Å². The highest BCUT2D eigenvalue weighted by Gasteiger charge is 2.33. The summed E-state index contributed by atoms with van der Waals surface area (Å²) in [6.45, 7) is 10.6. The number of hydrogen-bond donors (Lipinski definition) is 0. The Kier molecular flexibility index (Phi) is 4.54. The Morgan fingerprint density at radius 3 is 2.69 bits per heavy atom. The molecule has 1 aliphatic heterocycles. The maximum Gasteiger partial charge on any atom is 0.333 e. The topological polar surface area (TPSA) is 35.5 Å². The molecule has 1 saturated heterocycles. The largest absolute Gasteiger partial charge is 0.462 e. The molecule has 1 rings (SSSR count). The second-order valence-corrected chi connectivity index (χ2v) is 5.20. The van der Waals surface area contributed by atoms with Crippen LogP contribution in [0.4, 0.5) is 0 Å². The highest BCUT2D eigenvalue weighted by molar-refractivity contribution is 5.86. The first-order valence-electron chi connectivity index (χ1n) is 5.88. The van der Waals surface area contributed by atoms with Gasteiger partial charge in [-0.15, -0.1) is 0 Å². The molecule has 0 amide bonds. The van der Waals surface area contributed by atoms with E-state index in [0.717, 1.165) is 19.4 Å². The smallest absolute Gasteiger partial charge is 0.333 e. The van der Waals surface area contributed by atoms with E-state index in [0.29, 0.717) is 12.2 Å². The molecule has 92 valence electrons.